The van der Waals surface area contributed by atoms with Gasteiger partial charge in [0.15, 0.2) is 5.78 Å². The van der Waals surface area contributed by atoms with Gasteiger partial charge in [0, 0.05) is 40.1 Å². The van der Waals surface area contributed by atoms with E-state index in [2.05, 4.69) is 0 Å². The van der Waals surface area contributed by atoms with Crippen LogP contribution in [0.2, 0.25) is 10.0 Å². The number of nitrogens with zero attached hydrogens (tertiary/aromatic N) is 1. The molecule has 1 amide bonds. The van der Waals surface area contributed by atoms with Crippen LogP contribution in [0.4, 0.5) is 5.69 Å². The van der Waals surface area contributed by atoms with Crippen molar-refractivity contribution >= 4 is 40.6 Å². The lowest BCUT2D eigenvalue weighted by atomic mass is 9.77. The lowest BCUT2D eigenvalue weighted by Gasteiger charge is -2.39. The van der Waals surface area contributed by atoms with E-state index in [0.29, 0.717) is 22.9 Å². The van der Waals surface area contributed by atoms with E-state index >= 15 is 0 Å². The lowest BCUT2D eigenvalue weighted by Crippen LogP contribution is -2.40. The van der Waals surface area contributed by atoms with Crippen LogP contribution in [0.3, 0.4) is 0 Å². The van der Waals surface area contributed by atoms with Gasteiger partial charge in [-0.3, -0.25) is 14.5 Å². The van der Waals surface area contributed by atoms with Gasteiger partial charge in [-0.25, -0.2) is 0 Å². The van der Waals surface area contributed by atoms with E-state index in [1.165, 1.54) is 0 Å². The van der Waals surface area contributed by atoms with Crippen LogP contribution in [0.5, 0.6) is 0 Å². The molecule has 0 aromatic heterocycles. The van der Waals surface area contributed by atoms with Gasteiger partial charge in [0.2, 0.25) is 5.91 Å². The molecule has 1 heterocycles. The van der Waals surface area contributed by atoms with Crippen LogP contribution in [-0.4, -0.2) is 11.7 Å². The molecule has 0 saturated heterocycles. The molecule has 0 N–H and O–H groups in total. The highest BCUT2D eigenvalue weighted by Crippen LogP contribution is 2.44. The fourth-order valence-electron chi connectivity index (χ4n) is 4.12. The number of ketones is 1. The molecule has 5 heteroatoms. The third-order valence-corrected chi connectivity index (χ3v) is 6.05. The van der Waals surface area contributed by atoms with Crippen molar-refractivity contribution < 1.29 is 9.59 Å². The quantitative estimate of drug-likeness (QED) is 0.636. The van der Waals surface area contributed by atoms with Gasteiger partial charge < -0.3 is 0 Å². The first-order valence-electron chi connectivity index (χ1n) is 9.07. The summed E-state index contributed by atoms with van der Waals surface area (Å²) in [5, 5.41) is 1.22. The maximum absolute atomic E-state index is 13.2. The Morgan fingerprint density at radius 3 is 2.59 bits per heavy atom. The van der Waals surface area contributed by atoms with Gasteiger partial charge in [-0.15, -0.1) is 0 Å². The van der Waals surface area contributed by atoms with Crippen LogP contribution in [0, 0.1) is 6.92 Å². The Labute approximate surface area is 168 Å². The van der Waals surface area contributed by atoms with Crippen LogP contribution in [-0.2, 0) is 9.59 Å². The van der Waals surface area contributed by atoms with Crippen molar-refractivity contribution in [3.05, 3.63) is 74.9 Å². The molecular formula is C22H19Cl2NO2. The summed E-state index contributed by atoms with van der Waals surface area (Å²) in [6, 6.07) is 13.0. The minimum Gasteiger partial charge on any atom is -0.294 e. The van der Waals surface area contributed by atoms with Gasteiger partial charge in [0.1, 0.15) is 0 Å². The molecule has 1 unspecified atom stereocenters. The molecule has 0 radical (unpaired) electrons. The minimum atomic E-state index is -0.241. The summed E-state index contributed by atoms with van der Waals surface area (Å²) >= 11 is 12.5. The van der Waals surface area contributed by atoms with E-state index in [0.717, 1.165) is 34.5 Å². The smallest absolute Gasteiger partial charge is 0.232 e. The molecule has 1 aliphatic carbocycles. The van der Waals surface area contributed by atoms with Gasteiger partial charge in [-0.1, -0.05) is 41.4 Å². The Hall–Kier alpha value is -2.10. The molecule has 0 saturated carbocycles. The summed E-state index contributed by atoms with van der Waals surface area (Å²) < 4.78 is 0. The maximum Gasteiger partial charge on any atom is 0.232 e. The second-order valence-electron chi connectivity index (χ2n) is 7.06. The highest BCUT2D eigenvalue weighted by atomic mass is 35.5. The third-order valence-electron chi connectivity index (χ3n) is 5.41. The first-order valence-corrected chi connectivity index (χ1v) is 9.82. The van der Waals surface area contributed by atoms with E-state index in [-0.39, 0.29) is 24.0 Å². The monoisotopic (exact) mass is 399 g/mol. The van der Waals surface area contributed by atoms with Crippen molar-refractivity contribution in [2.24, 2.45) is 0 Å². The van der Waals surface area contributed by atoms with E-state index in [4.69, 9.17) is 23.2 Å². The van der Waals surface area contributed by atoms with Crippen molar-refractivity contribution in [3.63, 3.8) is 0 Å². The van der Waals surface area contributed by atoms with Crippen LogP contribution >= 0.6 is 23.2 Å². The second-order valence-corrected chi connectivity index (χ2v) is 7.91. The Morgan fingerprint density at radius 2 is 1.81 bits per heavy atom. The third kappa shape index (κ3) is 3.19. The highest BCUT2D eigenvalue weighted by Gasteiger charge is 2.40. The number of carbonyl (C=O) groups is 2. The van der Waals surface area contributed by atoms with E-state index in [1.54, 1.807) is 11.0 Å². The molecule has 2 aliphatic rings. The molecule has 138 valence electrons. The Balaban J connectivity index is 1.90. The summed E-state index contributed by atoms with van der Waals surface area (Å²) in [6.45, 7) is 1.90. The van der Waals surface area contributed by atoms with Gasteiger partial charge in [-0.05, 0) is 55.2 Å². The first kappa shape index (κ1) is 18.3. The largest absolute Gasteiger partial charge is 0.294 e. The predicted octanol–water partition coefficient (Wildman–Crippen LogP) is 5.83. The summed E-state index contributed by atoms with van der Waals surface area (Å²) in [6.07, 6.45) is 2.22. The summed E-state index contributed by atoms with van der Waals surface area (Å²) in [7, 11) is 0. The van der Waals surface area contributed by atoms with Gasteiger partial charge >= 0.3 is 0 Å². The fourth-order valence-corrected chi connectivity index (χ4v) is 4.49. The van der Waals surface area contributed by atoms with Crippen LogP contribution in [0.1, 0.15) is 42.7 Å². The average molecular weight is 400 g/mol. The van der Waals surface area contributed by atoms with Crippen molar-refractivity contribution in [3.8, 4) is 0 Å². The van der Waals surface area contributed by atoms with Gasteiger partial charge in [0.25, 0.3) is 0 Å². The lowest BCUT2D eigenvalue weighted by molar-refractivity contribution is -0.119. The van der Waals surface area contributed by atoms with E-state index in [1.807, 2.05) is 43.3 Å². The molecule has 0 bridgehead atoms. The van der Waals surface area contributed by atoms with Gasteiger partial charge in [-0.2, -0.15) is 0 Å². The topological polar surface area (TPSA) is 37.4 Å². The second kappa shape index (κ2) is 7.14. The highest BCUT2D eigenvalue weighted by molar-refractivity contribution is 6.32. The molecular weight excluding hydrogens is 381 g/mol. The molecule has 2 aromatic rings. The maximum atomic E-state index is 13.2. The number of hydrogen-bond donors (Lipinski definition) is 0. The number of carbonyl (C=O) groups excluding carboxylic acids is 2. The number of anilines is 1. The summed E-state index contributed by atoms with van der Waals surface area (Å²) in [5.74, 6) is -0.132. The Kier molecular flexibility index (Phi) is 4.83. The number of benzene rings is 2. The zero-order valence-corrected chi connectivity index (χ0v) is 16.5. The SMILES string of the molecule is Cc1c(Cl)cccc1N1C(=O)CC(c2cccc(Cl)c2)C2=C1CCCC2=O. The number of allylic oxidation sites excluding steroid dienone is 2. The van der Waals surface area contributed by atoms with Crippen LogP contribution in [0.25, 0.3) is 0 Å². The van der Waals surface area contributed by atoms with Crippen molar-refractivity contribution in [1.82, 2.24) is 0 Å². The van der Waals surface area contributed by atoms with Crippen LogP contribution in [0.15, 0.2) is 53.7 Å². The number of hydrogen-bond acceptors (Lipinski definition) is 2. The van der Waals surface area contributed by atoms with Crippen molar-refractivity contribution in [2.45, 2.75) is 38.5 Å². The molecule has 1 aliphatic heterocycles. The molecule has 27 heavy (non-hydrogen) atoms. The molecule has 2 aromatic carbocycles. The standard InChI is InChI=1S/C22H19Cl2NO2/c1-13-17(24)7-3-8-18(13)25-19-9-4-10-20(26)22(19)16(12-21(25)27)14-5-2-6-15(23)11-14/h2-3,5-8,11,16H,4,9-10,12H2,1H3. The number of Topliss-reactive ketones (excluding diaryl/α,β-unsaturated/α-hetero) is 1. The average Bonchev–Trinajstić information content (AvgIpc) is 2.64. The van der Waals surface area contributed by atoms with E-state index < -0.39 is 0 Å². The predicted molar refractivity (Wildman–Crippen MR) is 108 cm³/mol. The van der Waals surface area contributed by atoms with E-state index in [9.17, 15) is 9.59 Å². The van der Waals surface area contributed by atoms with Gasteiger partial charge in [0.05, 0.1) is 5.69 Å². The summed E-state index contributed by atoms with van der Waals surface area (Å²) in [4.78, 5) is 27.8. The number of rotatable bonds is 2. The van der Waals surface area contributed by atoms with Crippen molar-refractivity contribution in [2.75, 3.05) is 4.90 Å². The Morgan fingerprint density at radius 1 is 1.04 bits per heavy atom. The van der Waals surface area contributed by atoms with Crippen molar-refractivity contribution in [1.29, 1.82) is 0 Å². The molecule has 0 fully saturated rings. The fraction of sp³-hybridized carbons (Fsp3) is 0.273. The first-order chi connectivity index (χ1) is 13.0. The minimum absolute atomic E-state index is 0.0150. The Bertz CT molecular complexity index is 980. The molecule has 3 nitrogen and oxygen atoms in total. The molecule has 1 atom stereocenters. The zero-order valence-electron chi connectivity index (χ0n) is 15.0. The normalized spacial score (nSPS) is 20.1. The van der Waals surface area contributed by atoms with Crippen LogP contribution < -0.4 is 4.90 Å². The number of halogens is 2. The zero-order chi connectivity index (χ0) is 19.1. The summed E-state index contributed by atoms with van der Waals surface area (Å²) in [5.41, 5.74) is 4.10. The number of amides is 1. The molecule has 0 spiro atoms. The molecule has 4 rings (SSSR count).